The molecule has 5 heteroatoms. The number of aliphatic hydroxyl groups excluding tert-OH is 1. The highest BCUT2D eigenvalue weighted by Gasteiger charge is 2.14. The fourth-order valence-electron chi connectivity index (χ4n) is 2.96. The molecule has 0 radical (unpaired) electrons. The van der Waals surface area contributed by atoms with Crippen LogP contribution in [-0.2, 0) is 11.2 Å². The number of nitrogens with one attached hydrogen (secondary N) is 2. The second-order valence-corrected chi connectivity index (χ2v) is 6.05. The lowest BCUT2D eigenvalue weighted by Crippen LogP contribution is -2.29. The Morgan fingerprint density at radius 1 is 1.24 bits per heavy atom. The molecular formula is C20H22N2O3. The van der Waals surface area contributed by atoms with E-state index in [9.17, 15) is 9.90 Å². The van der Waals surface area contributed by atoms with E-state index in [1.165, 1.54) is 0 Å². The number of amides is 1. The van der Waals surface area contributed by atoms with Gasteiger partial charge in [0.05, 0.1) is 19.6 Å². The zero-order valence-corrected chi connectivity index (χ0v) is 14.4. The molecule has 130 valence electrons. The number of aromatic nitrogens is 1. The zero-order valence-electron chi connectivity index (χ0n) is 14.4. The maximum absolute atomic E-state index is 12.3. The summed E-state index contributed by atoms with van der Waals surface area (Å²) in [4.78, 5) is 15.6. The molecule has 1 heterocycles. The van der Waals surface area contributed by atoms with E-state index >= 15 is 0 Å². The first kappa shape index (κ1) is 17.0. The van der Waals surface area contributed by atoms with Crippen molar-refractivity contribution in [3.8, 4) is 5.75 Å². The van der Waals surface area contributed by atoms with E-state index in [-0.39, 0.29) is 18.9 Å². The summed E-state index contributed by atoms with van der Waals surface area (Å²) in [6.07, 6.45) is -0.496. The second-order valence-electron chi connectivity index (χ2n) is 6.05. The monoisotopic (exact) mass is 338 g/mol. The molecule has 5 nitrogen and oxygen atoms in total. The van der Waals surface area contributed by atoms with Crippen molar-refractivity contribution in [1.82, 2.24) is 10.3 Å². The number of hydrogen-bond donors (Lipinski definition) is 3. The van der Waals surface area contributed by atoms with Crippen molar-refractivity contribution in [1.29, 1.82) is 0 Å². The van der Waals surface area contributed by atoms with Gasteiger partial charge in [0.2, 0.25) is 5.91 Å². The van der Waals surface area contributed by atoms with Gasteiger partial charge >= 0.3 is 0 Å². The number of aromatic amines is 1. The Morgan fingerprint density at radius 2 is 2.04 bits per heavy atom. The van der Waals surface area contributed by atoms with Crippen LogP contribution in [0.4, 0.5) is 0 Å². The third-order valence-corrected chi connectivity index (χ3v) is 4.34. The fourth-order valence-corrected chi connectivity index (χ4v) is 2.96. The smallest absolute Gasteiger partial charge is 0.224 e. The topological polar surface area (TPSA) is 74.3 Å². The molecular weight excluding hydrogens is 316 g/mol. The molecule has 1 unspecified atom stereocenters. The normalized spacial score (nSPS) is 12.1. The van der Waals surface area contributed by atoms with Gasteiger partial charge in [0.25, 0.3) is 0 Å². The van der Waals surface area contributed by atoms with Crippen LogP contribution in [0.25, 0.3) is 10.9 Å². The Morgan fingerprint density at radius 3 is 2.84 bits per heavy atom. The summed E-state index contributed by atoms with van der Waals surface area (Å²) in [6.45, 7) is 2.13. The average molecular weight is 338 g/mol. The molecule has 0 aliphatic heterocycles. The minimum Gasteiger partial charge on any atom is -0.497 e. The summed E-state index contributed by atoms with van der Waals surface area (Å²) < 4.78 is 5.15. The maximum atomic E-state index is 12.3. The predicted molar refractivity (Wildman–Crippen MR) is 97.7 cm³/mol. The van der Waals surface area contributed by atoms with Gasteiger partial charge in [-0.1, -0.05) is 30.3 Å². The molecule has 3 rings (SSSR count). The molecule has 1 amide bonds. The third-order valence-electron chi connectivity index (χ3n) is 4.34. The van der Waals surface area contributed by atoms with Gasteiger partial charge in [0, 0.05) is 23.1 Å². The molecule has 0 spiro atoms. The first-order valence-corrected chi connectivity index (χ1v) is 8.23. The van der Waals surface area contributed by atoms with Gasteiger partial charge < -0.3 is 20.1 Å². The molecule has 2 aromatic carbocycles. The van der Waals surface area contributed by atoms with E-state index in [2.05, 4.69) is 10.3 Å². The molecule has 0 saturated carbocycles. The van der Waals surface area contributed by atoms with Gasteiger partial charge in [0.1, 0.15) is 5.75 Å². The zero-order chi connectivity index (χ0) is 17.8. The molecule has 3 aromatic rings. The number of hydrogen-bond acceptors (Lipinski definition) is 3. The van der Waals surface area contributed by atoms with Crippen LogP contribution in [0.5, 0.6) is 5.75 Å². The van der Waals surface area contributed by atoms with Crippen LogP contribution in [0.1, 0.15) is 22.9 Å². The Kier molecular flexibility index (Phi) is 5.05. The van der Waals surface area contributed by atoms with E-state index < -0.39 is 6.10 Å². The van der Waals surface area contributed by atoms with Crippen LogP contribution in [-0.4, -0.2) is 29.7 Å². The summed E-state index contributed by atoms with van der Waals surface area (Å²) in [7, 11) is 1.58. The number of aryl methyl sites for hydroxylation is 1. The molecule has 0 saturated heterocycles. The van der Waals surface area contributed by atoms with E-state index in [0.29, 0.717) is 11.3 Å². The van der Waals surface area contributed by atoms with Gasteiger partial charge in [-0.05, 0) is 36.2 Å². The van der Waals surface area contributed by atoms with Gasteiger partial charge in [-0.25, -0.2) is 0 Å². The fraction of sp³-hybridized carbons (Fsp3) is 0.250. The Hall–Kier alpha value is -2.79. The number of aliphatic hydroxyl groups is 1. The van der Waals surface area contributed by atoms with E-state index in [4.69, 9.17) is 4.74 Å². The van der Waals surface area contributed by atoms with Gasteiger partial charge in [0.15, 0.2) is 0 Å². The highest BCUT2D eigenvalue weighted by Crippen LogP contribution is 2.22. The first-order chi connectivity index (χ1) is 12.1. The number of H-pyrrole nitrogens is 1. The third kappa shape index (κ3) is 3.83. The van der Waals surface area contributed by atoms with Crippen LogP contribution >= 0.6 is 0 Å². The molecule has 3 N–H and O–H groups in total. The van der Waals surface area contributed by atoms with E-state index in [0.717, 1.165) is 22.2 Å². The number of para-hydroxylation sites is 1. The van der Waals surface area contributed by atoms with Crippen LogP contribution in [0.15, 0.2) is 48.5 Å². The van der Waals surface area contributed by atoms with Crippen molar-refractivity contribution in [2.45, 2.75) is 19.4 Å². The van der Waals surface area contributed by atoms with Crippen molar-refractivity contribution >= 4 is 16.8 Å². The van der Waals surface area contributed by atoms with Crippen molar-refractivity contribution in [2.75, 3.05) is 13.7 Å². The van der Waals surface area contributed by atoms with Gasteiger partial charge in [-0.3, -0.25) is 4.79 Å². The molecule has 0 aliphatic carbocycles. The number of fused-ring (bicyclic) bond motifs is 1. The van der Waals surface area contributed by atoms with Gasteiger partial charge in [-0.15, -0.1) is 0 Å². The second kappa shape index (κ2) is 7.40. The number of ether oxygens (including phenoxy) is 1. The number of benzene rings is 2. The molecule has 0 aliphatic rings. The predicted octanol–water partition coefficient (Wildman–Crippen LogP) is 2.88. The Balaban J connectivity index is 1.63. The highest BCUT2D eigenvalue weighted by atomic mass is 16.5. The average Bonchev–Trinajstić information content (AvgIpc) is 2.95. The summed E-state index contributed by atoms with van der Waals surface area (Å²) in [6, 6.07) is 15.1. The minimum absolute atomic E-state index is 0.116. The number of methoxy groups -OCH3 is 1. The molecule has 1 aromatic heterocycles. The minimum atomic E-state index is -0.775. The number of carbonyl (C=O) groups excluding carboxylic acids is 1. The SMILES string of the molecule is COc1cccc(C(O)CNC(=O)Cc2c(C)[nH]c3ccccc23)c1. The lowest BCUT2D eigenvalue weighted by molar-refractivity contribution is -0.120. The first-order valence-electron chi connectivity index (χ1n) is 8.23. The van der Waals surface area contributed by atoms with E-state index in [1.807, 2.05) is 49.4 Å². The molecule has 1 atom stereocenters. The summed E-state index contributed by atoms with van der Waals surface area (Å²) in [5, 5.41) is 14.1. The maximum Gasteiger partial charge on any atom is 0.224 e. The lowest BCUT2D eigenvalue weighted by atomic mass is 10.1. The lowest BCUT2D eigenvalue weighted by Gasteiger charge is -2.13. The summed E-state index contributed by atoms with van der Waals surface area (Å²) in [5.74, 6) is 0.562. The van der Waals surface area contributed by atoms with Crippen molar-refractivity contribution in [3.63, 3.8) is 0 Å². The molecule has 25 heavy (non-hydrogen) atoms. The summed E-state index contributed by atoms with van der Waals surface area (Å²) >= 11 is 0. The number of carbonyl (C=O) groups is 1. The van der Waals surface area contributed by atoms with Gasteiger partial charge in [-0.2, -0.15) is 0 Å². The van der Waals surface area contributed by atoms with Crippen molar-refractivity contribution in [2.24, 2.45) is 0 Å². The van der Waals surface area contributed by atoms with Crippen molar-refractivity contribution in [3.05, 3.63) is 65.4 Å². The molecule has 0 fully saturated rings. The quantitative estimate of drug-likeness (QED) is 0.647. The van der Waals surface area contributed by atoms with Crippen LogP contribution in [0, 0.1) is 6.92 Å². The molecule has 0 bridgehead atoms. The number of rotatable bonds is 6. The van der Waals surface area contributed by atoms with E-state index in [1.54, 1.807) is 13.2 Å². The Labute approximate surface area is 146 Å². The standard InChI is InChI=1S/C20H22N2O3/c1-13-17(16-8-3-4-9-18(16)22-13)11-20(24)21-12-19(23)14-6-5-7-15(10-14)25-2/h3-10,19,22-23H,11-12H2,1-2H3,(H,21,24). The van der Waals surface area contributed by atoms with Crippen LogP contribution < -0.4 is 10.1 Å². The Bertz CT molecular complexity index is 886. The summed E-state index contributed by atoms with van der Waals surface area (Å²) in [5.41, 5.74) is 3.72. The van der Waals surface area contributed by atoms with Crippen LogP contribution in [0.2, 0.25) is 0 Å². The largest absolute Gasteiger partial charge is 0.497 e. The van der Waals surface area contributed by atoms with Crippen molar-refractivity contribution < 1.29 is 14.6 Å². The van der Waals surface area contributed by atoms with Crippen LogP contribution in [0.3, 0.4) is 0 Å². The highest BCUT2D eigenvalue weighted by molar-refractivity contribution is 5.90.